The summed E-state index contributed by atoms with van der Waals surface area (Å²) in [5.41, 5.74) is 1.29. The van der Waals surface area contributed by atoms with Crippen LogP contribution in [0.3, 0.4) is 0 Å². The smallest absolute Gasteiger partial charge is 0.224 e. The molecular weight excluding hydrogens is 204 g/mol. The zero-order valence-electron chi connectivity index (χ0n) is 9.19. The Morgan fingerprint density at radius 2 is 2.12 bits per heavy atom. The molecule has 1 rings (SSSR count). The Labute approximate surface area is 94.8 Å². The number of carbonyl (C=O) groups excluding carboxylic acids is 1. The minimum Gasteiger partial charge on any atom is -0.385 e. The van der Waals surface area contributed by atoms with E-state index in [2.05, 4.69) is 5.32 Å². The molecule has 0 aliphatic carbocycles. The number of amides is 1. The van der Waals surface area contributed by atoms with Gasteiger partial charge in [0.05, 0.1) is 11.6 Å². The second kappa shape index (κ2) is 6.59. The second-order valence-electron chi connectivity index (χ2n) is 3.33. The van der Waals surface area contributed by atoms with Crippen molar-refractivity contribution < 1.29 is 9.53 Å². The number of carbonyl (C=O) groups is 1. The van der Waals surface area contributed by atoms with E-state index < -0.39 is 0 Å². The number of benzene rings is 1. The van der Waals surface area contributed by atoms with Crippen LogP contribution < -0.4 is 5.32 Å². The predicted octanol–water partition coefficient (Wildman–Crippen LogP) is 1.92. The first-order valence-electron chi connectivity index (χ1n) is 5.05. The molecule has 0 aromatic heterocycles. The number of anilines is 1. The number of nitriles is 1. The van der Waals surface area contributed by atoms with E-state index in [0.29, 0.717) is 30.7 Å². The first-order valence-corrected chi connectivity index (χ1v) is 5.05. The first kappa shape index (κ1) is 12.2. The van der Waals surface area contributed by atoms with Crippen LogP contribution in [0.25, 0.3) is 0 Å². The zero-order valence-corrected chi connectivity index (χ0v) is 9.19. The minimum atomic E-state index is -0.0400. The van der Waals surface area contributed by atoms with Crippen molar-refractivity contribution in [1.29, 1.82) is 5.26 Å². The molecule has 1 aromatic carbocycles. The molecule has 1 aromatic rings. The lowest BCUT2D eigenvalue weighted by Crippen LogP contribution is -2.11. The molecular formula is C12H14N2O2. The Kier molecular flexibility index (Phi) is 5.03. The van der Waals surface area contributed by atoms with E-state index in [4.69, 9.17) is 10.00 Å². The molecule has 0 aliphatic heterocycles. The summed E-state index contributed by atoms with van der Waals surface area (Å²) in [6, 6.07) is 8.79. The summed E-state index contributed by atoms with van der Waals surface area (Å²) in [5, 5.41) is 11.4. The summed E-state index contributed by atoms with van der Waals surface area (Å²) in [5.74, 6) is -0.0400. The second-order valence-corrected chi connectivity index (χ2v) is 3.33. The maximum atomic E-state index is 11.4. The molecule has 0 aliphatic rings. The average molecular weight is 218 g/mol. The van der Waals surface area contributed by atoms with Crippen molar-refractivity contribution >= 4 is 11.6 Å². The van der Waals surface area contributed by atoms with Gasteiger partial charge in [-0.2, -0.15) is 5.26 Å². The molecule has 0 spiro atoms. The summed E-state index contributed by atoms with van der Waals surface area (Å²) in [4.78, 5) is 11.4. The number of methoxy groups -OCH3 is 1. The van der Waals surface area contributed by atoms with Crippen LogP contribution in [0, 0.1) is 11.3 Å². The van der Waals surface area contributed by atoms with Gasteiger partial charge >= 0.3 is 0 Å². The topological polar surface area (TPSA) is 62.1 Å². The summed E-state index contributed by atoms with van der Waals surface area (Å²) in [6.45, 7) is 0.584. The molecule has 0 saturated heterocycles. The van der Waals surface area contributed by atoms with Crippen LogP contribution in [0.5, 0.6) is 0 Å². The van der Waals surface area contributed by atoms with Gasteiger partial charge in [0.25, 0.3) is 0 Å². The molecule has 1 N–H and O–H groups in total. The van der Waals surface area contributed by atoms with Crippen LogP contribution in [-0.4, -0.2) is 19.6 Å². The van der Waals surface area contributed by atoms with E-state index in [1.165, 1.54) is 0 Å². The van der Waals surface area contributed by atoms with Crippen molar-refractivity contribution in [3.05, 3.63) is 29.8 Å². The SMILES string of the molecule is COCCCC(=O)Nc1ccc(C#N)cc1. The molecule has 0 saturated carbocycles. The molecule has 0 bridgehead atoms. The van der Waals surface area contributed by atoms with Gasteiger partial charge in [-0.05, 0) is 30.7 Å². The van der Waals surface area contributed by atoms with Crippen molar-refractivity contribution in [1.82, 2.24) is 0 Å². The lowest BCUT2D eigenvalue weighted by Gasteiger charge is -2.04. The van der Waals surface area contributed by atoms with Crippen LogP contribution in [0.15, 0.2) is 24.3 Å². The highest BCUT2D eigenvalue weighted by atomic mass is 16.5. The third-order valence-corrected chi connectivity index (χ3v) is 2.05. The molecule has 0 heterocycles. The van der Waals surface area contributed by atoms with Crippen LogP contribution in [0.4, 0.5) is 5.69 Å². The molecule has 0 atom stereocenters. The number of hydrogen-bond donors (Lipinski definition) is 1. The molecule has 84 valence electrons. The maximum absolute atomic E-state index is 11.4. The van der Waals surface area contributed by atoms with E-state index >= 15 is 0 Å². The Morgan fingerprint density at radius 1 is 1.44 bits per heavy atom. The standard InChI is InChI=1S/C12H14N2O2/c1-16-8-2-3-12(15)14-11-6-4-10(9-13)5-7-11/h4-7H,2-3,8H2,1H3,(H,14,15). The number of hydrogen-bond acceptors (Lipinski definition) is 3. The summed E-state index contributed by atoms with van der Waals surface area (Å²) >= 11 is 0. The Morgan fingerprint density at radius 3 is 2.69 bits per heavy atom. The number of ether oxygens (including phenoxy) is 1. The van der Waals surface area contributed by atoms with Gasteiger partial charge in [0.2, 0.25) is 5.91 Å². The fourth-order valence-electron chi connectivity index (χ4n) is 1.23. The van der Waals surface area contributed by atoms with E-state index in [1.54, 1.807) is 31.4 Å². The van der Waals surface area contributed by atoms with Crippen molar-refractivity contribution in [2.24, 2.45) is 0 Å². The lowest BCUT2D eigenvalue weighted by atomic mass is 10.2. The fraction of sp³-hybridized carbons (Fsp3) is 0.333. The zero-order chi connectivity index (χ0) is 11.8. The molecule has 4 nitrogen and oxygen atoms in total. The summed E-state index contributed by atoms with van der Waals surface area (Å²) < 4.78 is 4.86. The molecule has 0 unspecified atom stereocenters. The molecule has 0 fully saturated rings. The Bertz CT molecular complexity index is 379. The van der Waals surface area contributed by atoms with Crippen molar-refractivity contribution in [2.75, 3.05) is 19.0 Å². The van der Waals surface area contributed by atoms with Gasteiger partial charge in [-0.3, -0.25) is 4.79 Å². The molecule has 0 radical (unpaired) electrons. The van der Waals surface area contributed by atoms with Gasteiger partial charge in [-0.1, -0.05) is 0 Å². The van der Waals surface area contributed by atoms with E-state index in [1.807, 2.05) is 6.07 Å². The van der Waals surface area contributed by atoms with Gasteiger partial charge < -0.3 is 10.1 Å². The average Bonchev–Trinajstić information content (AvgIpc) is 2.30. The Hall–Kier alpha value is -1.86. The van der Waals surface area contributed by atoms with Crippen LogP contribution in [0.1, 0.15) is 18.4 Å². The monoisotopic (exact) mass is 218 g/mol. The summed E-state index contributed by atoms with van der Waals surface area (Å²) in [7, 11) is 1.61. The molecule has 1 amide bonds. The van der Waals surface area contributed by atoms with Gasteiger partial charge in [-0.25, -0.2) is 0 Å². The van der Waals surface area contributed by atoms with Gasteiger partial charge in [0.1, 0.15) is 0 Å². The largest absolute Gasteiger partial charge is 0.385 e. The summed E-state index contributed by atoms with van der Waals surface area (Å²) in [6.07, 6.45) is 1.15. The first-order chi connectivity index (χ1) is 7.76. The molecule has 4 heteroatoms. The lowest BCUT2D eigenvalue weighted by molar-refractivity contribution is -0.116. The van der Waals surface area contributed by atoms with Crippen molar-refractivity contribution in [3.8, 4) is 6.07 Å². The van der Waals surface area contributed by atoms with E-state index in [-0.39, 0.29) is 5.91 Å². The van der Waals surface area contributed by atoms with Crippen LogP contribution >= 0.6 is 0 Å². The third-order valence-electron chi connectivity index (χ3n) is 2.05. The highest BCUT2D eigenvalue weighted by Crippen LogP contribution is 2.09. The van der Waals surface area contributed by atoms with Crippen molar-refractivity contribution in [2.45, 2.75) is 12.8 Å². The fourth-order valence-corrected chi connectivity index (χ4v) is 1.23. The van der Waals surface area contributed by atoms with Crippen LogP contribution in [0.2, 0.25) is 0 Å². The van der Waals surface area contributed by atoms with Crippen molar-refractivity contribution in [3.63, 3.8) is 0 Å². The third kappa shape index (κ3) is 4.11. The van der Waals surface area contributed by atoms with Gasteiger partial charge in [-0.15, -0.1) is 0 Å². The normalized spacial score (nSPS) is 9.50. The highest BCUT2D eigenvalue weighted by Gasteiger charge is 2.01. The highest BCUT2D eigenvalue weighted by molar-refractivity contribution is 5.90. The number of nitrogens with one attached hydrogen (secondary N) is 1. The maximum Gasteiger partial charge on any atom is 0.224 e. The predicted molar refractivity (Wildman–Crippen MR) is 60.9 cm³/mol. The Balaban J connectivity index is 2.41. The van der Waals surface area contributed by atoms with Gasteiger partial charge in [0, 0.05) is 25.8 Å². The van der Waals surface area contributed by atoms with E-state index in [0.717, 1.165) is 0 Å². The number of nitrogens with zero attached hydrogens (tertiary/aromatic N) is 1. The van der Waals surface area contributed by atoms with Gasteiger partial charge in [0.15, 0.2) is 0 Å². The molecule has 16 heavy (non-hydrogen) atoms. The quantitative estimate of drug-likeness (QED) is 0.768. The van der Waals surface area contributed by atoms with E-state index in [9.17, 15) is 4.79 Å². The minimum absolute atomic E-state index is 0.0400. The van der Waals surface area contributed by atoms with Crippen LogP contribution in [-0.2, 0) is 9.53 Å². The number of rotatable bonds is 5.